The Labute approximate surface area is 121 Å². The summed E-state index contributed by atoms with van der Waals surface area (Å²) in [5.41, 5.74) is 17.0. The number of hydrogen-bond acceptors (Lipinski definition) is 5. The zero-order chi connectivity index (χ0) is 14.4. The summed E-state index contributed by atoms with van der Waals surface area (Å²) in [5.74, 6) is 0.501. The largest absolute Gasteiger partial charge is 0.382 e. The number of imidazole rings is 1. The van der Waals surface area contributed by atoms with E-state index < -0.39 is 0 Å². The molecule has 6 nitrogen and oxygen atoms in total. The van der Waals surface area contributed by atoms with Crippen LogP contribution in [0.1, 0.15) is 23.1 Å². The molecular weight excluding hydrogens is 264 g/mol. The third kappa shape index (κ3) is 1.99. The summed E-state index contributed by atoms with van der Waals surface area (Å²) in [6.07, 6.45) is 5.37. The molecule has 106 valence electrons. The van der Waals surface area contributed by atoms with Gasteiger partial charge in [0.2, 0.25) is 5.95 Å². The Balaban J connectivity index is 1.74. The molecule has 2 aromatic heterocycles. The molecule has 3 aromatic rings. The predicted octanol–water partition coefficient (Wildman–Crippen LogP) is 1.53. The summed E-state index contributed by atoms with van der Waals surface area (Å²) in [5, 5.41) is 0. The van der Waals surface area contributed by atoms with Gasteiger partial charge in [-0.3, -0.25) is 0 Å². The van der Waals surface area contributed by atoms with E-state index in [2.05, 4.69) is 33.2 Å². The van der Waals surface area contributed by atoms with Crippen LogP contribution in [0.3, 0.4) is 0 Å². The number of hydrogen-bond donors (Lipinski definition) is 2. The van der Waals surface area contributed by atoms with Crippen LogP contribution in [0.4, 0.5) is 11.8 Å². The lowest BCUT2D eigenvalue weighted by atomic mass is 10.1. The Hall–Kier alpha value is -2.63. The van der Waals surface area contributed by atoms with Crippen molar-refractivity contribution in [3.8, 4) is 0 Å². The zero-order valence-electron chi connectivity index (χ0n) is 11.6. The number of nitrogens with two attached hydrogens (primary N) is 2. The van der Waals surface area contributed by atoms with E-state index >= 15 is 0 Å². The van der Waals surface area contributed by atoms with Crippen LogP contribution in [-0.4, -0.2) is 19.5 Å². The highest BCUT2D eigenvalue weighted by atomic mass is 15.2. The van der Waals surface area contributed by atoms with Crippen molar-refractivity contribution in [2.45, 2.75) is 25.8 Å². The number of rotatable bonds is 2. The third-order valence-corrected chi connectivity index (χ3v) is 4.02. The lowest BCUT2D eigenvalue weighted by molar-refractivity contribution is 0.812. The maximum Gasteiger partial charge on any atom is 0.224 e. The zero-order valence-corrected chi connectivity index (χ0v) is 11.6. The molecule has 4 rings (SSSR count). The van der Waals surface area contributed by atoms with Crippen molar-refractivity contribution in [2.24, 2.45) is 0 Å². The molecule has 0 aliphatic heterocycles. The van der Waals surface area contributed by atoms with Gasteiger partial charge in [0, 0.05) is 0 Å². The van der Waals surface area contributed by atoms with Gasteiger partial charge in [-0.05, 0) is 36.0 Å². The smallest absolute Gasteiger partial charge is 0.224 e. The number of aryl methyl sites for hydroxylation is 2. The minimum Gasteiger partial charge on any atom is -0.382 e. The number of anilines is 2. The molecule has 2 heterocycles. The molecule has 0 saturated carbocycles. The van der Waals surface area contributed by atoms with Gasteiger partial charge in [0.15, 0.2) is 11.5 Å². The van der Waals surface area contributed by atoms with Gasteiger partial charge in [-0.15, -0.1) is 0 Å². The normalized spacial score (nSPS) is 13.7. The summed E-state index contributed by atoms with van der Waals surface area (Å²) < 4.78 is 1.96. The van der Waals surface area contributed by atoms with Gasteiger partial charge in [-0.1, -0.05) is 18.2 Å². The number of nitrogen functional groups attached to an aromatic ring is 2. The molecule has 6 heteroatoms. The highest BCUT2D eigenvalue weighted by molar-refractivity contribution is 5.82. The van der Waals surface area contributed by atoms with Gasteiger partial charge >= 0.3 is 0 Å². The van der Waals surface area contributed by atoms with Gasteiger partial charge in [-0.2, -0.15) is 9.97 Å². The van der Waals surface area contributed by atoms with Crippen LogP contribution >= 0.6 is 0 Å². The Morgan fingerprint density at radius 2 is 1.95 bits per heavy atom. The summed E-state index contributed by atoms with van der Waals surface area (Å²) in [6, 6.07) is 6.68. The molecule has 4 N–H and O–H groups in total. The van der Waals surface area contributed by atoms with E-state index in [1.54, 1.807) is 6.33 Å². The fourth-order valence-electron chi connectivity index (χ4n) is 3.02. The van der Waals surface area contributed by atoms with E-state index in [4.69, 9.17) is 11.5 Å². The average molecular weight is 280 g/mol. The second-order valence-corrected chi connectivity index (χ2v) is 5.47. The van der Waals surface area contributed by atoms with Gasteiger partial charge in [0.1, 0.15) is 5.52 Å². The molecule has 21 heavy (non-hydrogen) atoms. The molecule has 0 spiro atoms. The molecule has 0 saturated heterocycles. The van der Waals surface area contributed by atoms with Crippen molar-refractivity contribution in [3.63, 3.8) is 0 Å². The van der Waals surface area contributed by atoms with Crippen molar-refractivity contribution in [3.05, 3.63) is 41.2 Å². The molecule has 0 radical (unpaired) electrons. The molecule has 0 atom stereocenters. The van der Waals surface area contributed by atoms with Crippen LogP contribution in [0.2, 0.25) is 0 Å². The van der Waals surface area contributed by atoms with Crippen molar-refractivity contribution in [1.29, 1.82) is 0 Å². The molecule has 1 aliphatic rings. The summed E-state index contributed by atoms with van der Waals surface area (Å²) in [4.78, 5) is 12.5. The highest BCUT2D eigenvalue weighted by Crippen LogP contribution is 2.24. The van der Waals surface area contributed by atoms with E-state index in [1.165, 1.54) is 36.0 Å². The minimum atomic E-state index is 0.177. The van der Waals surface area contributed by atoms with Crippen LogP contribution in [0.5, 0.6) is 0 Å². The molecule has 0 fully saturated rings. The second kappa shape index (κ2) is 4.44. The first-order valence-electron chi connectivity index (χ1n) is 7.05. The van der Waals surface area contributed by atoms with E-state index in [9.17, 15) is 0 Å². The standard InChI is InChI=1S/C15H16N6/c16-13-12-14(20-15(17)19-13)21(8-18-12)7-9-4-5-10-2-1-3-11(10)6-9/h4-6,8H,1-3,7H2,(H4,16,17,19,20). The lowest BCUT2D eigenvalue weighted by Crippen LogP contribution is -2.04. The number of benzene rings is 1. The van der Waals surface area contributed by atoms with E-state index in [0.717, 1.165) is 0 Å². The number of aromatic nitrogens is 4. The van der Waals surface area contributed by atoms with Crippen LogP contribution in [0.25, 0.3) is 11.2 Å². The maximum absolute atomic E-state index is 5.83. The topological polar surface area (TPSA) is 95.6 Å². The van der Waals surface area contributed by atoms with Gasteiger partial charge in [0.25, 0.3) is 0 Å². The first-order valence-corrected chi connectivity index (χ1v) is 7.05. The molecule has 0 amide bonds. The summed E-state index contributed by atoms with van der Waals surface area (Å²) in [6.45, 7) is 0.708. The quantitative estimate of drug-likeness (QED) is 0.742. The van der Waals surface area contributed by atoms with Crippen molar-refractivity contribution in [1.82, 2.24) is 19.5 Å². The Morgan fingerprint density at radius 3 is 2.86 bits per heavy atom. The molecule has 1 aromatic carbocycles. The number of nitrogens with zero attached hydrogens (tertiary/aromatic N) is 4. The lowest BCUT2D eigenvalue weighted by Gasteiger charge is -2.07. The van der Waals surface area contributed by atoms with Crippen LogP contribution < -0.4 is 11.5 Å². The maximum atomic E-state index is 5.83. The molecule has 0 unspecified atom stereocenters. The Bertz CT molecular complexity index is 836. The van der Waals surface area contributed by atoms with E-state index in [0.29, 0.717) is 23.5 Å². The van der Waals surface area contributed by atoms with Gasteiger partial charge < -0.3 is 16.0 Å². The highest BCUT2D eigenvalue weighted by Gasteiger charge is 2.13. The fourth-order valence-corrected chi connectivity index (χ4v) is 3.02. The predicted molar refractivity (Wildman–Crippen MR) is 81.7 cm³/mol. The van der Waals surface area contributed by atoms with E-state index in [-0.39, 0.29) is 5.95 Å². The summed E-state index contributed by atoms with van der Waals surface area (Å²) >= 11 is 0. The minimum absolute atomic E-state index is 0.177. The van der Waals surface area contributed by atoms with Crippen LogP contribution in [-0.2, 0) is 19.4 Å². The van der Waals surface area contributed by atoms with Crippen molar-refractivity contribution >= 4 is 22.9 Å². The first kappa shape index (κ1) is 12.1. The molecule has 0 bridgehead atoms. The van der Waals surface area contributed by atoms with Crippen molar-refractivity contribution in [2.75, 3.05) is 11.5 Å². The SMILES string of the molecule is Nc1nc(N)c2ncn(Cc3ccc4c(c3)CCC4)c2n1. The molecule has 1 aliphatic carbocycles. The summed E-state index contributed by atoms with van der Waals surface area (Å²) in [7, 11) is 0. The van der Waals surface area contributed by atoms with Crippen LogP contribution in [0, 0.1) is 0 Å². The first-order chi connectivity index (χ1) is 10.2. The van der Waals surface area contributed by atoms with Crippen molar-refractivity contribution < 1.29 is 0 Å². The average Bonchev–Trinajstić information content (AvgIpc) is 3.06. The Kier molecular flexibility index (Phi) is 2.57. The van der Waals surface area contributed by atoms with Crippen LogP contribution in [0.15, 0.2) is 24.5 Å². The number of fused-ring (bicyclic) bond motifs is 2. The van der Waals surface area contributed by atoms with E-state index in [1.807, 2.05) is 4.57 Å². The third-order valence-electron chi connectivity index (χ3n) is 4.02. The monoisotopic (exact) mass is 280 g/mol. The van der Waals surface area contributed by atoms with Gasteiger partial charge in [0.05, 0.1) is 12.9 Å². The Morgan fingerprint density at radius 1 is 1.10 bits per heavy atom. The second-order valence-electron chi connectivity index (χ2n) is 5.47. The molecular formula is C15H16N6. The van der Waals surface area contributed by atoms with Gasteiger partial charge in [-0.25, -0.2) is 4.98 Å². The fraction of sp³-hybridized carbons (Fsp3) is 0.267.